The number of nitrogens with one attached hydrogen (secondary N) is 2. The second-order valence-corrected chi connectivity index (χ2v) is 11.7. The molecular weight excluding hydrogens is 590 g/mol. The second kappa shape index (κ2) is 12.8. The highest BCUT2D eigenvalue weighted by atomic mass is 16.2. The maximum Gasteiger partial charge on any atom is 0.329 e. The molecule has 0 bridgehead atoms. The van der Waals surface area contributed by atoms with Gasteiger partial charge < -0.3 is 15.2 Å². The fourth-order valence-corrected chi connectivity index (χ4v) is 5.96. The van der Waals surface area contributed by atoms with E-state index in [2.05, 4.69) is 55.8 Å². The summed E-state index contributed by atoms with van der Waals surface area (Å²) in [5.74, 6) is -0.544. The maximum absolute atomic E-state index is 12.9. The van der Waals surface area contributed by atoms with Gasteiger partial charge in [0.2, 0.25) is 5.91 Å². The lowest BCUT2D eigenvalue weighted by Crippen LogP contribution is -2.32. The zero-order valence-electron chi connectivity index (χ0n) is 25.8. The molecule has 4 amide bonds. The molecule has 0 spiro atoms. The molecule has 47 heavy (non-hydrogen) atoms. The number of aromatic nitrogens is 4. The molecule has 10 nitrogen and oxygen atoms in total. The molecule has 1 aliphatic heterocycles. The lowest BCUT2D eigenvalue weighted by Gasteiger charge is -2.13. The van der Waals surface area contributed by atoms with Gasteiger partial charge in [-0.3, -0.25) is 9.59 Å². The number of benzene rings is 4. The Kier molecular flexibility index (Phi) is 8.06. The van der Waals surface area contributed by atoms with E-state index in [1.54, 1.807) is 22.9 Å². The molecule has 7 rings (SSSR count). The standard InChI is InChI=1S/C37H33N7O3/c1-25-8-7-12-31(20-25)44-36(46)32(39-37(44)47)18-19-35(45)38-22-26-14-16-30(17-15-26)43-24-29(40-41-43)23-42-33-13-6-5-11-28(33)21-34(42)27-9-3-2-4-10-27/h2-17,20-21,24,32H,18-19,22-23H2,1H3,(H,38,45)(H,39,47). The van der Waals surface area contributed by atoms with Gasteiger partial charge in [0.1, 0.15) is 11.7 Å². The van der Waals surface area contributed by atoms with Gasteiger partial charge in [-0.1, -0.05) is 78.0 Å². The van der Waals surface area contributed by atoms with Crippen molar-refractivity contribution in [3.63, 3.8) is 0 Å². The minimum atomic E-state index is -0.734. The first-order valence-electron chi connectivity index (χ1n) is 15.5. The highest BCUT2D eigenvalue weighted by molar-refractivity contribution is 6.21. The van der Waals surface area contributed by atoms with E-state index in [1.807, 2.05) is 73.8 Å². The third-order valence-corrected chi connectivity index (χ3v) is 8.37. The van der Waals surface area contributed by atoms with E-state index in [0.29, 0.717) is 18.8 Å². The van der Waals surface area contributed by atoms with Crippen LogP contribution in [-0.2, 0) is 22.7 Å². The molecule has 1 unspecified atom stereocenters. The molecular formula is C37H33N7O3. The van der Waals surface area contributed by atoms with Gasteiger partial charge in [0.05, 0.1) is 24.1 Å². The molecule has 0 radical (unpaired) electrons. The van der Waals surface area contributed by atoms with E-state index in [0.717, 1.165) is 44.2 Å². The molecule has 3 heterocycles. The predicted molar refractivity (Wildman–Crippen MR) is 180 cm³/mol. The number of rotatable bonds is 10. The number of hydrogen-bond donors (Lipinski definition) is 2. The van der Waals surface area contributed by atoms with Gasteiger partial charge in [-0.05, 0) is 66.4 Å². The summed E-state index contributed by atoms with van der Waals surface area (Å²) in [5.41, 5.74) is 7.48. The number of nitrogens with zero attached hydrogens (tertiary/aromatic N) is 5. The lowest BCUT2D eigenvalue weighted by atomic mass is 10.1. The highest BCUT2D eigenvalue weighted by Gasteiger charge is 2.38. The van der Waals surface area contributed by atoms with Crippen LogP contribution in [0.1, 0.15) is 29.7 Å². The second-order valence-electron chi connectivity index (χ2n) is 11.7. The molecule has 1 atom stereocenters. The molecule has 10 heteroatoms. The summed E-state index contributed by atoms with van der Waals surface area (Å²) in [6, 6.07) is 34.6. The van der Waals surface area contributed by atoms with Crippen molar-refractivity contribution >= 4 is 34.4 Å². The summed E-state index contributed by atoms with van der Waals surface area (Å²) in [5, 5.41) is 15.6. The summed E-state index contributed by atoms with van der Waals surface area (Å²) in [6.45, 7) is 2.81. The van der Waals surface area contributed by atoms with Crippen molar-refractivity contribution in [1.29, 1.82) is 0 Å². The number of fused-ring (bicyclic) bond motifs is 1. The molecule has 234 valence electrons. The van der Waals surface area contributed by atoms with E-state index >= 15 is 0 Å². The summed E-state index contributed by atoms with van der Waals surface area (Å²) >= 11 is 0. The van der Waals surface area contributed by atoms with E-state index in [4.69, 9.17) is 0 Å². The number of para-hydroxylation sites is 1. The number of anilines is 1. The van der Waals surface area contributed by atoms with Crippen molar-refractivity contribution in [1.82, 2.24) is 30.2 Å². The van der Waals surface area contributed by atoms with Crippen LogP contribution in [-0.4, -0.2) is 43.4 Å². The Morgan fingerprint density at radius 1 is 0.872 bits per heavy atom. The van der Waals surface area contributed by atoms with Crippen LogP contribution >= 0.6 is 0 Å². The third kappa shape index (κ3) is 6.26. The molecule has 1 aliphatic rings. The van der Waals surface area contributed by atoms with Crippen molar-refractivity contribution < 1.29 is 14.4 Å². The number of carbonyl (C=O) groups excluding carboxylic acids is 3. The zero-order valence-corrected chi connectivity index (χ0v) is 25.8. The quantitative estimate of drug-likeness (QED) is 0.188. The van der Waals surface area contributed by atoms with Crippen molar-refractivity contribution in [3.8, 4) is 16.9 Å². The fraction of sp³-hybridized carbons (Fsp3) is 0.162. The largest absolute Gasteiger partial charge is 0.352 e. The van der Waals surface area contributed by atoms with Gasteiger partial charge >= 0.3 is 6.03 Å². The molecule has 4 aromatic carbocycles. The van der Waals surface area contributed by atoms with Gasteiger partial charge in [-0.2, -0.15) is 0 Å². The third-order valence-electron chi connectivity index (χ3n) is 8.37. The molecule has 0 aliphatic carbocycles. The Hall–Kier alpha value is -6.03. The monoisotopic (exact) mass is 623 g/mol. The Labute approximate surface area is 271 Å². The first-order chi connectivity index (χ1) is 22.9. The first kappa shape index (κ1) is 29.7. The van der Waals surface area contributed by atoms with E-state index in [1.165, 1.54) is 5.39 Å². The van der Waals surface area contributed by atoms with E-state index in [-0.39, 0.29) is 24.7 Å². The van der Waals surface area contributed by atoms with Crippen LogP contribution < -0.4 is 15.5 Å². The predicted octanol–water partition coefficient (Wildman–Crippen LogP) is 5.77. The Morgan fingerprint density at radius 2 is 1.66 bits per heavy atom. The Bertz CT molecular complexity index is 2080. The van der Waals surface area contributed by atoms with Crippen LogP contribution in [0.15, 0.2) is 115 Å². The van der Waals surface area contributed by atoms with Gasteiger partial charge in [-0.15, -0.1) is 5.10 Å². The zero-order chi connectivity index (χ0) is 32.3. The lowest BCUT2D eigenvalue weighted by molar-refractivity contribution is -0.122. The summed E-state index contributed by atoms with van der Waals surface area (Å²) in [6.07, 6.45) is 2.27. The van der Waals surface area contributed by atoms with Crippen LogP contribution in [0.25, 0.3) is 27.8 Å². The summed E-state index contributed by atoms with van der Waals surface area (Å²) in [7, 11) is 0. The smallest absolute Gasteiger partial charge is 0.329 e. The minimum absolute atomic E-state index is 0.112. The first-order valence-corrected chi connectivity index (χ1v) is 15.5. The van der Waals surface area contributed by atoms with Crippen LogP contribution in [0.3, 0.4) is 0 Å². The molecule has 1 fully saturated rings. The number of urea groups is 1. The SMILES string of the molecule is Cc1cccc(N2C(=O)NC(CCC(=O)NCc3ccc(-n4cc(Cn5c(-c6ccccc6)cc6ccccc65)nn4)cc3)C2=O)c1. The van der Waals surface area contributed by atoms with E-state index < -0.39 is 12.1 Å². The molecule has 2 aromatic heterocycles. The summed E-state index contributed by atoms with van der Waals surface area (Å²) in [4.78, 5) is 39.1. The number of amides is 4. The van der Waals surface area contributed by atoms with Crippen molar-refractivity contribution in [2.24, 2.45) is 0 Å². The highest BCUT2D eigenvalue weighted by Crippen LogP contribution is 2.29. The van der Waals surface area contributed by atoms with Gasteiger partial charge in [0, 0.05) is 29.6 Å². The van der Waals surface area contributed by atoms with Crippen LogP contribution in [0.4, 0.5) is 10.5 Å². The van der Waals surface area contributed by atoms with Gasteiger partial charge in [0.15, 0.2) is 0 Å². The molecule has 6 aromatic rings. The van der Waals surface area contributed by atoms with Crippen LogP contribution in [0.2, 0.25) is 0 Å². The van der Waals surface area contributed by atoms with E-state index in [9.17, 15) is 14.4 Å². The average molecular weight is 624 g/mol. The number of hydrogen-bond acceptors (Lipinski definition) is 5. The van der Waals surface area contributed by atoms with Gasteiger partial charge in [-0.25, -0.2) is 14.4 Å². The average Bonchev–Trinajstić information content (AvgIpc) is 3.79. The van der Waals surface area contributed by atoms with Crippen molar-refractivity contribution in [3.05, 3.63) is 132 Å². The fourth-order valence-electron chi connectivity index (χ4n) is 5.96. The van der Waals surface area contributed by atoms with Crippen LogP contribution in [0.5, 0.6) is 0 Å². The Balaban J connectivity index is 0.947. The molecule has 0 saturated carbocycles. The number of imide groups is 1. The Morgan fingerprint density at radius 3 is 2.47 bits per heavy atom. The van der Waals surface area contributed by atoms with Crippen LogP contribution in [0, 0.1) is 6.92 Å². The topological polar surface area (TPSA) is 114 Å². The number of aryl methyl sites for hydroxylation is 1. The maximum atomic E-state index is 12.9. The minimum Gasteiger partial charge on any atom is -0.352 e. The van der Waals surface area contributed by atoms with Gasteiger partial charge in [0.25, 0.3) is 5.91 Å². The normalized spacial score (nSPS) is 14.5. The summed E-state index contributed by atoms with van der Waals surface area (Å²) < 4.78 is 4.01. The number of carbonyl (C=O) groups is 3. The molecule has 1 saturated heterocycles. The van der Waals surface area contributed by atoms with Crippen molar-refractivity contribution in [2.75, 3.05) is 4.90 Å². The molecule has 2 N–H and O–H groups in total. The van der Waals surface area contributed by atoms with Crippen molar-refractivity contribution in [2.45, 2.75) is 38.9 Å².